The van der Waals surface area contributed by atoms with Crippen LogP contribution in [0.25, 0.3) is 0 Å². The highest BCUT2D eigenvalue weighted by Crippen LogP contribution is 2.23. The maximum atomic E-state index is 12.1. The van der Waals surface area contributed by atoms with Gasteiger partial charge in [0.15, 0.2) is 0 Å². The first-order valence-corrected chi connectivity index (χ1v) is 6.66. The van der Waals surface area contributed by atoms with Crippen molar-refractivity contribution in [2.24, 2.45) is 0 Å². The number of para-hydroxylation sites is 1. The van der Waals surface area contributed by atoms with Crippen molar-refractivity contribution in [1.82, 2.24) is 5.32 Å². The van der Waals surface area contributed by atoms with Crippen molar-refractivity contribution < 1.29 is 9.90 Å². The highest BCUT2D eigenvalue weighted by molar-refractivity contribution is 5.95. The normalized spacial score (nSPS) is 12.6. The molecule has 0 bridgehead atoms. The Bertz CT molecular complexity index is 653. The summed E-state index contributed by atoms with van der Waals surface area (Å²) in [6, 6.07) is 12.7. The molecule has 4 nitrogen and oxygen atoms in total. The van der Waals surface area contributed by atoms with Gasteiger partial charge in [0.1, 0.15) is 5.75 Å². The first kappa shape index (κ1) is 12.5. The van der Waals surface area contributed by atoms with Crippen molar-refractivity contribution in [3.05, 3.63) is 59.2 Å². The van der Waals surface area contributed by atoms with Gasteiger partial charge in [-0.25, -0.2) is 0 Å². The lowest BCUT2D eigenvalue weighted by Crippen LogP contribution is -2.22. The van der Waals surface area contributed by atoms with Gasteiger partial charge in [0.2, 0.25) is 0 Å². The minimum Gasteiger partial charge on any atom is -0.508 e. The van der Waals surface area contributed by atoms with E-state index in [1.165, 1.54) is 5.56 Å². The van der Waals surface area contributed by atoms with E-state index < -0.39 is 0 Å². The maximum absolute atomic E-state index is 12.1. The smallest absolute Gasteiger partial charge is 0.251 e. The number of aromatic hydroxyl groups is 1. The minimum atomic E-state index is -0.122. The third kappa shape index (κ3) is 2.45. The van der Waals surface area contributed by atoms with Crippen molar-refractivity contribution >= 4 is 11.6 Å². The Kier molecular flexibility index (Phi) is 3.29. The van der Waals surface area contributed by atoms with Crippen LogP contribution in [-0.4, -0.2) is 17.6 Å². The average Bonchev–Trinajstić information content (AvgIpc) is 2.93. The van der Waals surface area contributed by atoms with Gasteiger partial charge >= 0.3 is 0 Å². The number of rotatable bonds is 3. The fraction of sp³-hybridized carbons (Fsp3) is 0.188. The zero-order valence-electron chi connectivity index (χ0n) is 11.0. The molecule has 3 N–H and O–H groups in total. The lowest BCUT2D eigenvalue weighted by molar-refractivity contribution is 0.0950. The topological polar surface area (TPSA) is 61.4 Å². The second kappa shape index (κ2) is 5.25. The molecule has 1 heterocycles. The first-order valence-electron chi connectivity index (χ1n) is 6.66. The standard InChI is InChI=1S/C16H16N2O2/c19-15-4-2-1-3-13(15)10-18-16(20)12-5-6-14-11(9-12)7-8-17-14/h1-6,9,17,19H,7-8,10H2,(H,18,20). The summed E-state index contributed by atoms with van der Waals surface area (Å²) in [5, 5.41) is 15.8. The molecule has 0 aliphatic carbocycles. The van der Waals surface area contributed by atoms with Crippen LogP contribution in [0.1, 0.15) is 21.5 Å². The molecule has 4 heteroatoms. The molecule has 0 radical (unpaired) electrons. The summed E-state index contributed by atoms with van der Waals surface area (Å²) in [6.45, 7) is 1.25. The Morgan fingerprint density at radius 2 is 2.10 bits per heavy atom. The Labute approximate surface area is 117 Å². The van der Waals surface area contributed by atoms with E-state index >= 15 is 0 Å². The van der Waals surface area contributed by atoms with Gasteiger partial charge in [-0.3, -0.25) is 4.79 Å². The summed E-state index contributed by atoms with van der Waals surface area (Å²) < 4.78 is 0. The number of carbonyl (C=O) groups is 1. The number of benzene rings is 2. The van der Waals surface area contributed by atoms with Gasteiger partial charge in [0.25, 0.3) is 5.91 Å². The van der Waals surface area contributed by atoms with Gasteiger partial charge in [0.05, 0.1) is 0 Å². The van der Waals surface area contributed by atoms with Gasteiger partial charge in [-0.05, 0) is 36.2 Å². The van der Waals surface area contributed by atoms with E-state index in [1.807, 2.05) is 24.3 Å². The summed E-state index contributed by atoms with van der Waals surface area (Å²) in [6.07, 6.45) is 0.954. The molecule has 2 aromatic rings. The lowest BCUT2D eigenvalue weighted by Gasteiger charge is -2.08. The number of amides is 1. The molecule has 2 aromatic carbocycles. The Morgan fingerprint density at radius 1 is 1.25 bits per heavy atom. The second-order valence-corrected chi connectivity index (χ2v) is 4.86. The largest absolute Gasteiger partial charge is 0.508 e. The zero-order chi connectivity index (χ0) is 13.9. The van der Waals surface area contributed by atoms with Crippen LogP contribution in [0.2, 0.25) is 0 Å². The van der Waals surface area contributed by atoms with Gasteiger partial charge < -0.3 is 15.7 Å². The first-order chi connectivity index (χ1) is 9.74. The number of nitrogens with one attached hydrogen (secondary N) is 2. The molecule has 1 aliphatic heterocycles. The van der Waals surface area contributed by atoms with Crippen LogP contribution in [0.5, 0.6) is 5.75 Å². The highest BCUT2D eigenvalue weighted by atomic mass is 16.3. The molecule has 3 rings (SSSR count). The van der Waals surface area contributed by atoms with E-state index in [4.69, 9.17) is 0 Å². The third-order valence-corrected chi connectivity index (χ3v) is 3.51. The SMILES string of the molecule is O=C(NCc1ccccc1O)c1ccc2c(c1)CCN2. The van der Waals surface area contributed by atoms with E-state index in [0.29, 0.717) is 17.7 Å². The Hall–Kier alpha value is -2.49. The summed E-state index contributed by atoms with van der Waals surface area (Å²) in [7, 11) is 0. The molecular formula is C16H16N2O2. The lowest BCUT2D eigenvalue weighted by atomic mass is 10.1. The van der Waals surface area contributed by atoms with Gasteiger partial charge in [-0.2, -0.15) is 0 Å². The van der Waals surface area contributed by atoms with E-state index in [-0.39, 0.29) is 11.7 Å². The molecule has 102 valence electrons. The number of hydrogen-bond donors (Lipinski definition) is 3. The molecule has 0 spiro atoms. The molecule has 1 aliphatic rings. The number of phenolic OH excluding ortho intramolecular Hbond substituents is 1. The molecule has 0 aromatic heterocycles. The van der Waals surface area contributed by atoms with E-state index in [9.17, 15) is 9.90 Å². The monoisotopic (exact) mass is 268 g/mol. The van der Waals surface area contributed by atoms with Crippen LogP contribution in [0, 0.1) is 0 Å². The molecular weight excluding hydrogens is 252 g/mol. The molecule has 0 unspecified atom stereocenters. The van der Waals surface area contributed by atoms with E-state index in [1.54, 1.807) is 18.2 Å². The Morgan fingerprint density at radius 3 is 2.95 bits per heavy atom. The minimum absolute atomic E-state index is 0.122. The number of phenols is 1. The van der Waals surface area contributed by atoms with Crippen LogP contribution in [-0.2, 0) is 13.0 Å². The predicted octanol–water partition coefficient (Wildman–Crippen LogP) is 2.29. The van der Waals surface area contributed by atoms with Gasteiger partial charge in [0, 0.05) is 29.9 Å². The summed E-state index contributed by atoms with van der Waals surface area (Å²) in [4.78, 5) is 12.1. The predicted molar refractivity (Wildman–Crippen MR) is 77.9 cm³/mol. The molecule has 0 saturated heterocycles. The van der Waals surface area contributed by atoms with Crippen molar-refractivity contribution in [3.63, 3.8) is 0 Å². The van der Waals surface area contributed by atoms with E-state index in [2.05, 4.69) is 10.6 Å². The average molecular weight is 268 g/mol. The van der Waals surface area contributed by atoms with Crippen molar-refractivity contribution in [2.45, 2.75) is 13.0 Å². The van der Waals surface area contributed by atoms with Gasteiger partial charge in [-0.15, -0.1) is 0 Å². The van der Waals surface area contributed by atoms with Crippen LogP contribution in [0.15, 0.2) is 42.5 Å². The number of carbonyl (C=O) groups excluding carboxylic acids is 1. The number of anilines is 1. The molecule has 1 amide bonds. The zero-order valence-corrected chi connectivity index (χ0v) is 11.0. The summed E-state index contributed by atoms with van der Waals surface area (Å²) >= 11 is 0. The molecule has 20 heavy (non-hydrogen) atoms. The second-order valence-electron chi connectivity index (χ2n) is 4.86. The number of fused-ring (bicyclic) bond motifs is 1. The van der Waals surface area contributed by atoms with Crippen molar-refractivity contribution in [1.29, 1.82) is 0 Å². The van der Waals surface area contributed by atoms with Gasteiger partial charge in [-0.1, -0.05) is 18.2 Å². The van der Waals surface area contributed by atoms with Crippen molar-refractivity contribution in [2.75, 3.05) is 11.9 Å². The van der Waals surface area contributed by atoms with Crippen LogP contribution in [0.4, 0.5) is 5.69 Å². The van der Waals surface area contributed by atoms with Crippen LogP contribution >= 0.6 is 0 Å². The quantitative estimate of drug-likeness (QED) is 0.800. The third-order valence-electron chi connectivity index (χ3n) is 3.51. The summed E-state index contributed by atoms with van der Waals surface area (Å²) in [5.41, 5.74) is 3.66. The fourth-order valence-electron chi connectivity index (χ4n) is 2.38. The maximum Gasteiger partial charge on any atom is 0.251 e. The number of hydrogen-bond acceptors (Lipinski definition) is 3. The highest BCUT2D eigenvalue weighted by Gasteiger charge is 2.13. The van der Waals surface area contributed by atoms with Crippen molar-refractivity contribution in [3.8, 4) is 5.75 Å². The fourth-order valence-corrected chi connectivity index (χ4v) is 2.38. The van der Waals surface area contributed by atoms with Crippen LogP contribution < -0.4 is 10.6 Å². The van der Waals surface area contributed by atoms with Crippen LogP contribution in [0.3, 0.4) is 0 Å². The Balaban J connectivity index is 1.69. The summed E-state index contributed by atoms with van der Waals surface area (Å²) in [5.74, 6) is 0.0777. The van der Waals surface area contributed by atoms with E-state index in [0.717, 1.165) is 18.7 Å². The molecule has 0 atom stereocenters. The molecule has 0 fully saturated rings. The molecule has 0 saturated carbocycles.